The van der Waals surface area contributed by atoms with E-state index in [9.17, 15) is 9.18 Å². The first-order valence-corrected chi connectivity index (χ1v) is 7.90. The van der Waals surface area contributed by atoms with Crippen molar-refractivity contribution < 1.29 is 13.9 Å². The number of hydrogen-bond acceptors (Lipinski definition) is 8. The summed E-state index contributed by atoms with van der Waals surface area (Å²) in [4.78, 5) is 28.3. The summed E-state index contributed by atoms with van der Waals surface area (Å²) in [6.07, 6.45) is 2.85. The minimum absolute atomic E-state index is 0.0164. The molecule has 2 aromatic heterocycles. The maximum atomic E-state index is 13.3. The monoisotopic (exact) mass is 376 g/mol. The van der Waals surface area contributed by atoms with E-state index in [-0.39, 0.29) is 11.0 Å². The molecule has 0 bridgehead atoms. The quantitative estimate of drug-likeness (QED) is 0.655. The van der Waals surface area contributed by atoms with Gasteiger partial charge in [-0.05, 0) is 25.1 Å². The number of hydrogen-bond donors (Lipinski definition) is 2. The second-order valence-corrected chi connectivity index (χ2v) is 5.70. The highest BCUT2D eigenvalue weighted by Gasteiger charge is 2.15. The molecule has 3 rings (SSSR count). The fraction of sp³-hybridized carbons (Fsp3) is 0.188. The van der Waals surface area contributed by atoms with Crippen LogP contribution < -0.4 is 10.6 Å². The number of ether oxygens (including phenoxy) is 1. The van der Waals surface area contributed by atoms with Crippen molar-refractivity contribution in [2.75, 3.05) is 17.7 Å². The third-order valence-corrected chi connectivity index (χ3v) is 3.75. The van der Waals surface area contributed by atoms with Crippen LogP contribution in [0.15, 0.2) is 30.7 Å². The molecule has 134 valence electrons. The van der Waals surface area contributed by atoms with E-state index in [1.165, 1.54) is 37.8 Å². The molecule has 0 saturated carbocycles. The number of rotatable bonds is 5. The number of halogens is 2. The van der Waals surface area contributed by atoms with Crippen molar-refractivity contribution in [3.05, 3.63) is 41.6 Å². The Hall–Kier alpha value is -3.07. The molecule has 0 saturated heterocycles. The second-order valence-electron chi connectivity index (χ2n) is 5.29. The van der Waals surface area contributed by atoms with Crippen LogP contribution in [-0.4, -0.2) is 39.1 Å². The number of anilines is 3. The summed E-state index contributed by atoms with van der Waals surface area (Å²) in [6, 6.07) is 3.57. The van der Waals surface area contributed by atoms with Gasteiger partial charge in [-0.2, -0.15) is 0 Å². The predicted octanol–water partition coefficient (Wildman–Crippen LogP) is 2.93. The zero-order valence-corrected chi connectivity index (χ0v) is 14.6. The van der Waals surface area contributed by atoms with E-state index in [1.54, 1.807) is 6.92 Å². The first-order chi connectivity index (χ1) is 12.5. The minimum Gasteiger partial charge on any atom is -0.467 e. The first-order valence-electron chi connectivity index (χ1n) is 7.52. The molecule has 0 aliphatic carbocycles. The van der Waals surface area contributed by atoms with E-state index >= 15 is 0 Å². The molecule has 8 nitrogen and oxygen atoms in total. The number of benzene rings is 1. The number of nitrogens with one attached hydrogen (secondary N) is 2. The molecular weight excluding hydrogens is 363 g/mol. The maximum Gasteiger partial charge on any atom is 0.328 e. The Kier molecular flexibility index (Phi) is 5.08. The van der Waals surface area contributed by atoms with Crippen LogP contribution in [-0.2, 0) is 9.53 Å². The highest BCUT2D eigenvalue weighted by molar-refractivity contribution is 6.31. The number of aromatic nitrogens is 4. The molecule has 2 N–H and O–H groups in total. The van der Waals surface area contributed by atoms with Crippen LogP contribution in [0.4, 0.5) is 21.8 Å². The topological polar surface area (TPSA) is 102 Å². The molecule has 1 unspecified atom stereocenters. The standard InChI is InChI=1S/C16H14ClFN6O2/c1-8(15(25)26-2)22-16-19-6-12-13(24-16)14(21-7-20-12)23-9-3-4-11(18)10(17)5-9/h3-8H,1-2H3,(H,19,22,24)(H,20,21,23). The van der Waals surface area contributed by atoms with Crippen LogP contribution in [0.3, 0.4) is 0 Å². The van der Waals surface area contributed by atoms with Gasteiger partial charge in [-0.15, -0.1) is 0 Å². The maximum absolute atomic E-state index is 13.3. The van der Waals surface area contributed by atoms with Crippen molar-refractivity contribution in [1.82, 2.24) is 19.9 Å². The van der Waals surface area contributed by atoms with Crippen molar-refractivity contribution in [2.24, 2.45) is 0 Å². The zero-order valence-electron chi connectivity index (χ0n) is 13.8. The van der Waals surface area contributed by atoms with Crippen LogP contribution in [0.2, 0.25) is 5.02 Å². The molecule has 0 spiro atoms. The Bertz CT molecular complexity index is 971. The normalized spacial score (nSPS) is 11.8. The molecule has 3 aromatic rings. The van der Waals surface area contributed by atoms with Crippen molar-refractivity contribution in [3.8, 4) is 0 Å². The largest absolute Gasteiger partial charge is 0.467 e. The summed E-state index contributed by atoms with van der Waals surface area (Å²) < 4.78 is 18.0. The highest BCUT2D eigenvalue weighted by atomic mass is 35.5. The molecular formula is C16H14ClFN6O2. The Balaban J connectivity index is 1.93. The summed E-state index contributed by atoms with van der Waals surface area (Å²) in [5.74, 6) is -0.369. The van der Waals surface area contributed by atoms with E-state index in [0.717, 1.165) is 0 Å². The van der Waals surface area contributed by atoms with Crippen molar-refractivity contribution >= 4 is 46.1 Å². The van der Waals surface area contributed by atoms with E-state index in [1.807, 2.05) is 0 Å². The molecule has 26 heavy (non-hydrogen) atoms. The van der Waals surface area contributed by atoms with Crippen LogP contribution in [0, 0.1) is 5.82 Å². The molecule has 2 heterocycles. The number of methoxy groups -OCH3 is 1. The highest BCUT2D eigenvalue weighted by Crippen LogP contribution is 2.25. The number of nitrogens with zero attached hydrogens (tertiary/aromatic N) is 4. The number of carbonyl (C=O) groups is 1. The van der Waals surface area contributed by atoms with Gasteiger partial charge in [0.15, 0.2) is 5.82 Å². The third kappa shape index (κ3) is 3.77. The summed E-state index contributed by atoms with van der Waals surface area (Å²) in [5, 5.41) is 5.84. The number of carbonyl (C=O) groups excluding carboxylic acids is 1. The fourth-order valence-electron chi connectivity index (χ4n) is 2.16. The Morgan fingerprint density at radius 1 is 1.31 bits per heavy atom. The van der Waals surface area contributed by atoms with Crippen LogP contribution in [0.5, 0.6) is 0 Å². The van der Waals surface area contributed by atoms with Crippen LogP contribution in [0.1, 0.15) is 6.92 Å². The second kappa shape index (κ2) is 7.44. The van der Waals surface area contributed by atoms with Crippen LogP contribution in [0.25, 0.3) is 11.0 Å². The summed E-state index contributed by atoms with van der Waals surface area (Å²) >= 11 is 5.80. The molecule has 0 fully saturated rings. The molecule has 1 atom stereocenters. The van der Waals surface area contributed by atoms with Crippen molar-refractivity contribution in [3.63, 3.8) is 0 Å². The van der Waals surface area contributed by atoms with Gasteiger partial charge < -0.3 is 15.4 Å². The predicted molar refractivity (Wildman–Crippen MR) is 94.9 cm³/mol. The van der Waals surface area contributed by atoms with Gasteiger partial charge in [0.2, 0.25) is 5.95 Å². The van der Waals surface area contributed by atoms with E-state index in [2.05, 4.69) is 35.3 Å². The van der Waals surface area contributed by atoms with E-state index in [4.69, 9.17) is 11.6 Å². The van der Waals surface area contributed by atoms with Crippen molar-refractivity contribution in [1.29, 1.82) is 0 Å². The fourth-order valence-corrected chi connectivity index (χ4v) is 2.34. The molecule has 0 aliphatic heterocycles. The smallest absolute Gasteiger partial charge is 0.328 e. The van der Waals surface area contributed by atoms with Gasteiger partial charge >= 0.3 is 5.97 Å². The Morgan fingerprint density at radius 2 is 2.12 bits per heavy atom. The average molecular weight is 377 g/mol. The Morgan fingerprint density at radius 3 is 2.85 bits per heavy atom. The van der Waals surface area contributed by atoms with Gasteiger partial charge in [0.1, 0.15) is 29.2 Å². The average Bonchev–Trinajstić information content (AvgIpc) is 2.64. The Labute approximate surface area is 152 Å². The van der Waals surface area contributed by atoms with E-state index < -0.39 is 17.8 Å². The van der Waals surface area contributed by atoms with Crippen molar-refractivity contribution in [2.45, 2.75) is 13.0 Å². The molecule has 10 heteroatoms. The molecule has 0 radical (unpaired) electrons. The minimum atomic E-state index is -0.630. The van der Waals surface area contributed by atoms with Gasteiger partial charge in [-0.25, -0.2) is 29.1 Å². The number of fused-ring (bicyclic) bond motifs is 1. The summed E-state index contributed by atoms with van der Waals surface area (Å²) in [7, 11) is 1.30. The third-order valence-electron chi connectivity index (χ3n) is 3.46. The molecule has 1 aromatic carbocycles. The van der Waals surface area contributed by atoms with Gasteiger partial charge in [-0.3, -0.25) is 0 Å². The number of esters is 1. The summed E-state index contributed by atoms with van der Waals surface area (Å²) in [5.41, 5.74) is 1.45. The zero-order chi connectivity index (χ0) is 18.7. The lowest BCUT2D eigenvalue weighted by atomic mass is 10.3. The SMILES string of the molecule is COC(=O)C(C)Nc1ncc2ncnc(Nc3ccc(F)c(Cl)c3)c2n1. The lowest BCUT2D eigenvalue weighted by Gasteiger charge is -2.12. The van der Waals surface area contributed by atoms with Gasteiger partial charge in [-0.1, -0.05) is 11.6 Å². The molecule has 0 amide bonds. The first kappa shape index (κ1) is 17.7. The van der Waals surface area contributed by atoms with Gasteiger partial charge in [0.05, 0.1) is 18.3 Å². The van der Waals surface area contributed by atoms with E-state index in [0.29, 0.717) is 22.5 Å². The molecule has 0 aliphatic rings. The summed E-state index contributed by atoms with van der Waals surface area (Å²) in [6.45, 7) is 1.63. The lowest BCUT2D eigenvalue weighted by Crippen LogP contribution is -2.28. The van der Waals surface area contributed by atoms with Gasteiger partial charge in [0, 0.05) is 5.69 Å². The van der Waals surface area contributed by atoms with Crippen LogP contribution >= 0.6 is 11.6 Å². The van der Waals surface area contributed by atoms with Gasteiger partial charge in [0.25, 0.3) is 0 Å². The lowest BCUT2D eigenvalue weighted by molar-refractivity contribution is -0.141.